The average molecular weight is 292 g/mol. The number of aliphatic carboxylic acids is 1. The first-order valence-corrected chi connectivity index (χ1v) is 7.24. The fourth-order valence-corrected chi connectivity index (χ4v) is 2.75. The summed E-state index contributed by atoms with van der Waals surface area (Å²) in [6.07, 6.45) is 4.92. The van der Waals surface area contributed by atoms with E-state index in [1.807, 2.05) is 0 Å². The Balaban J connectivity index is 2.03. The maximum Gasteiger partial charge on any atom is 0.303 e. The first-order chi connectivity index (χ1) is 10.1. The number of nitrogens with zero attached hydrogens (tertiary/aromatic N) is 2. The fraction of sp³-hybridized carbons (Fsp3) is 0.533. The van der Waals surface area contributed by atoms with Crippen molar-refractivity contribution in [2.24, 2.45) is 0 Å². The highest BCUT2D eigenvalue weighted by molar-refractivity contribution is 5.76. The molecule has 1 aliphatic heterocycles. The van der Waals surface area contributed by atoms with Crippen molar-refractivity contribution < 1.29 is 14.7 Å². The van der Waals surface area contributed by atoms with E-state index in [4.69, 9.17) is 5.11 Å². The van der Waals surface area contributed by atoms with E-state index in [-0.39, 0.29) is 30.5 Å². The Labute approximate surface area is 123 Å². The van der Waals surface area contributed by atoms with Crippen molar-refractivity contribution in [3.05, 3.63) is 34.7 Å². The molecular weight excluding hydrogens is 272 g/mol. The van der Waals surface area contributed by atoms with E-state index < -0.39 is 5.97 Å². The van der Waals surface area contributed by atoms with Gasteiger partial charge in [0.05, 0.1) is 0 Å². The van der Waals surface area contributed by atoms with Gasteiger partial charge in [0.15, 0.2) is 0 Å². The monoisotopic (exact) mass is 292 g/mol. The van der Waals surface area contributed by atoms with Crippen LogP contribution in [0.5, 0.6) is 0 Å². The van der Waals surface area contributed by atoms with E-state index in [0.29, 0.717) is 13.0 Å². The highest BCUT2D eigenvalue weighted by Gasteiger charge is 2.27. The number of aromatic nitrogens is 1. The van der Waals surface area contributed by atoms with Gasteiger partial charge in [0.25, 0.3) is 5.56 Å². The van der Waals surface area contributed by atoms with Gasteiger partial charge in [0.1, 0.15) is 6.54 Å². The third-order valence-electron chi connectivity index (χ3n) is 3.84. The standard InChI is InChI=1S/C15H20N2O4/c18-13-6-2-3-9-16(13)11-14(19)17-10-4-1-5-12(17)7-8-15(20)21/h2-3,6,9,12H,1,4-5,7-8,10-11H2,(H,20,21). The lowest BCUT2D eigenvalue weighted by Gasteiger charge is -2.35. The molecular formula is C15H20N2O4. The number of piperidine rings is 1. The molecule has 114 valence electrons. The number of hydrogen-bond acceptors (Lipinski definition) is 3. The number of amides is 1. The largest absolute Gasteiger partial charge is 0.481 e. The predicted octanol–water partition coefficient (Wildman–Crippen LogP) is 1.09. The number of rotatable bonds is 5. The van der Waals surface area contributed by atoms with Crippen LogP contribution in [-0.2, 0) is 16.1 Å². The maximum atomic E-state index is 12.4. The highest BCUT2D eigenvalue weighted by atomic mass is 16.4. The second-order valence-electron chi connectivity index (χ2n) is 5.34. The Hall–Kier alpha value is -2.11. The lowest BCUT2D eigenvalue weighted by Crippen LogP contribution is -2.46. The molecule has 1 fully saturated rings. The van der Waals surface area contributed by atoms with Crippen molar-refractivity contribution in [1.82, 2.24) is 9.47 Å². The van der Waals surface area contributed by atoms with Crippen LogP contribution in [0.4, 0.5) is 0 Å². The molecule has 2 rings (SSSR count). The van der Waals surface area contributed by atoms with Crippen LogP contribution in [-0.4, -0.2) is 39.0 Å². The molecule has 21 heavy (non-hydrogen) atoms. The lowest BCUT2D eigenvalue weighted by molar-refractivity contribution is -0.140. The Bertz CT molecular complexity index is 567. The Morgan fingerprint density at radius 2 is 2.10 bits per heavy atom. The molecule has 6 nitrogen and oxygen atoms in total. The minimum atomic E-state index is -0.841. The molecule has 1 aromatic rings. The molecule has 0 spiro atoms. The zero-order chi connectivity index (χ0) is 15.2. The summed E-state index contributed by atoms with van der Waals surface area (Å²) in [5, 5.41) is 8.79. The first kappa shape index (κ1) is 15.3. The number of carbonyl (C=O) groups excluding carboxylic acids is 1. The normalized spacial score (nSPS) is 18.5. The highest BCUT2D eigenvalue weighted by Crippen LogP contribution is 2.21. The van der Waals surface area contributed by atoms with Gasteiger partial charge in [-0.2, -0.15) is 0 Å². The van der Waals surface area contributed by atoms with Crippen LogP contribution >= 0.6 is 0 Å². The van der Waals surface area contributed by atoms with Gasteiger partial charge in [-0.3, -0.25) is 14.4 Å². The molecule has 0 aliphatic carbocycles. The average Bonchev–Trinajstić information content (AvgIpc) is 2.47. The summed E-state index contributed by atoms with van der Waals surface area (Å²) < 4.78 is 1.38. The topological polar surface area (TPSA) is 79.6 Å². The zero-order valence-electron chi connectivity index (χ0n) is 11.9. The smallest absolute Gasteiger partial charge is 0.303 e. The van der Waals surface area contributed by atoms with Gasteiger partial charge in [-0.15, -0.1) is 0 Å². The van der Waals surface area contributed by atoms with E-state index in [1.165, 1.54) is 10.6 Å². The van der Waals surface area contributed by atoms with Gasteiger partial charge in [0, 0.05) is 31.3 Å². The molecule has 6 heteroatoms. The molecule has 1 atom stereocenters. The summed E-state index contributed by atoms with van der Waals surface area (Å²) in [7, 11) is 0. The summed E-state index contributed by atoms with van der Waals surface area (Å²) in [5.74, 6) is -0.953. The zero-order valence-corrected chi connectivity index (χ0v) is 11.9. The quantitative estimate of drug-likeness (QED) is 0.881. The second-order valence-corrected chi connectivity index (χ2v) is 5.34. The van der Waals surface area contributed by atoms with Crippen molar-refractivity contribution in [2.45, 2.75) is 44.7 Å². The van der Waals surface area contributed by atoms with Crippen molar-refractivity contribution in [3.63, 3.8) is 0 Å². The molecule has 2 heterocycles. The van der Waals surface area contributed by atoms with Crippen LogP contribution in [0.15, 0.2) is 29.2 Å². The molecule has 0 saturated carbocycles. The van der Waals surface area contributed by atoms with E-state index in [9.17, 15) is 14.4 Å². The minimum absolute atomic E-state index is 0.0171. The van der Waals surface area contributed by atoms with Crippen molar-refractivity contribution in [2.75, 3.05) is 6.54 Å². The van der Waals surface area contributed by atoms with Crippen LogP contribution < -0.4 is 5.56 Å². The summed E-state index contributed by atoms with van der Waals surface area (Å²) in [5.41, 5.74) is -0.204. The van der Waals surface area contributed by atoms with Crippen LogP contribution in [0.25, 0.3) is 0 Å². The van der Waals surface area contributed by atoms with Gasteiger partial charge < -0.3 is 14.6 Å². The molecule has 1 saturated heterocycles. The maximum absolute atomic E-state index is 12.4. The molecule has 0 bridgehead atoms. The first-order valence-electron chi connectivity index (χ1n) is 7.24. The van der Waals surface area contributed by atoms with E-state index in [1.54, 1.807) is 23.2 Å². The third-order valence-corrected chi connectivity index (χ3v) is 3.84. The summed E-state index contributed by atoms with van der Waals surface area (Å²) in [6.45, 7) is 0.661. The van der Waals surface area contributed by atoms with Crippen molar-refractivity contribution >= 4 is 11.9 Å². The molecule has 1 amide bonds. The summed E-state index contributed by atoms with van der Waals surface area (Å²) >= 11 is 0. The fourth-order valence-electron chi connectivity index (χ4n) is 2.75. The Morgan fingerprint density at radius 1 is 1.29 bits per heavy atom. The number of pyridine rings is 1. The Kier molecular flexibility index (Phi) is 5.14. The van der Waals surface area contributed by atoms with Crippen LogP contribution in [0, 0.1) is 0 Å². The van der Waals surface area contributed by atoms with Crippen LogP contribution in [0.2, 0.25) is 0 Å². The van der Waals surface area contributed by atoms with Gasteiger partial charge >= 0.3 is 5.97 Å². The van der Waals surface area contributed by atoms with Gasteiger partial charge in [-0.05, 0) is 31.7 Å². The lowest BCUT2D eigenvalue weighted by atomic mass is 9.98. The molecule has 1 aromatic heterocycles. The third kappa shape index (κ3) is 4.18. The minimum Gasteiger partial charge on any atom is -0.481 e. The van der Waals surface area contributed by atoms with Crippen molar-refractivity contribution in [1.29, 1.82) is 0 Å². The van der Waals surface area contributed by atoms with E-state index in [0.717, 1.165) is 19.3 Å². The summed E-state index contributed by atoms with van der Waals surface area (Å²) in [4.78, 5) is 36.5. The SMILES string of the molecule is O=C(O)CCC1CCCCN1C(=O)Cn1ccccc1=O. The van der Waals surface area contributed by atoms with E-state index in [2.05, 4.69) is 0 Å². The summed E-state index contributed by atoms with van der Waals surface area (Å²) in [6, 6.07) is 4.75. The van der Waals surface area contributed by atoms with Gasteiger partial charge in [0.2, 0.25) is 5.91 Å². The number of carbonyl (C=O) groups is 2. The molecule has 0 aromatic carbocycles. The van der Waals surface area contributed by atoms with Crippen LogP contribution in [0.1, 0.15) is 32.1 Å². The van der Waals surface area contributed by atoms with Gasteiger partial charge in [-0.1, -0.05) is 6.07 Å². The molecule has 1 aliphatic rings. The Morgan fingerprint density at radius 3 is 2.81 bits per heavy atom. The second kappa shape index (κ2) is 7.06. The number of hydrogen-bond donors (Lipinski definition) is 1. The number of carboxylic acids is 1. The van der Waals surface area contributed by atoms with E-state index >= 15 is 0 Å². The van der Waals surface area contributed by atoms with Crippen molar-refractivity contribution in [3.8, 4) is 0 Å². The number of likely N-dealkylation sites (tertiary alicyclic amines) is 1. The number of carboxylic acid groups (broad SMARTS) is 1. The van der Waals surface area contributed by atoms with Gasteiger partial charge in [-0.25, -0.2) is 0 Å². The van der Waals surface area contributed by atoms with Crippen LogP contribution in [0.3, 0.4) is 0 Å². The predicted molar refractivity (Wildman–Crippen MR) is 76.9 cm³/mol. The molecule has 1 unspecified atom stereocenters. The molecule has 1 N–H and O–H groups in total. The molecule has 0 radical (unpaired) electrons.